The molecule has 0 saturated heterocycles. The SMILES string of the molecule is CC(O)(C(=O)Nc1ccc(NC(=O)OCc2ccccc2)cc1F)C(F)(F)F. The van der Waals surface area contributed by atoms with E-state index in [0.717, 1.165) is 23.8 Å². The lowest BCUT2D eigenvalue weighted by Crippen LogP contribution is -2.52. The monoisotopic (exact) mass is 400 g/mol. The Morgan fingerprint density at radius 3 is 2.29 bits per heavy atom. The summed E-state index contributed by atoms with van der Waals surface area (Å²) < 4.78 is 56.8. The highest BCUT2D eigenvalue weighted by molar-refractivity contribution is 5.97. The van der Waals surface area contributed by atoms with Gasteiger partial charge < -0.3 is 15.2 Å². The van der Waals surface area contributed by atoms with Crippen LogP contribution in [0.5, 0.6) is 0 Å². The predicted molar refractivity (Wildman–Crippen MR) is 92.0 cm³/mol. The number of alkyl halides is 3. The zero-order valence-electron chi connectivity index (χ0n) is 14.5. The number of nitrogens with one attached hydrogen (secondary N) is 2. The van der Waals surface area contributed by atoms with Crippen molar-refractivity contribution in [2.24, 2.45) is 0 Å². The van der Waals surface area contributed by atoms with E-state index in [2.05, 4.69) is 5.32 Å². The van der Waals surface area contributed by atoms with Crippen molar-refractivity contribution in [2.75, 3.05) is 10.6 Å². The predicted octanol–water partition coefficient (Wildman–Crippen LogP) is 3.83. The summed E-state index contributed by atoms with van der Waals surface area (Å²) >= 11 is 0. The second kappa shape index (κ2) is 8.26. The standard InChI is InChI=1S/C18H16F4N2O4/c1-17(27,18(20,21)22)15(25)24-14-8-7-12(9-13(14)19)23-16(26)28-10-11-5-3-2-4-6-11/h2-9,27H,10H2,1H3,(H,23,26)(H,24,25). The molecule has 0 aromatic heterocycles. The number of carbonyl (C=O) groups is 2. The minimum Gasteiger partial charge on any atom is -0.444 e. The van der Waals surface area contributed by atoms with Crippen molar-refractivity contribution < 1.29 is 37.0 Å². The molecule has 10 heteroatoms. The van der Waals surface area contributed by atoms with Gasteiger partial charge in [-0.3, -0.25) is 10.1 Å². The van der Waals surface area contributed by atoms with Crippen LogP contribution in [0.3, 0.4) is 0 Å². The zero-order chi connectivity index (χ0) is 20.9. The van der Waals surface area contributed by atoms with Crippen molar-refractivity contribution >= 4 is 23.4 Å². The first-order valence-electron chi connectivity index (χ1n) is 7.88. The fourth-order valence-electron chi connectivity index (χ4n) is 1.94. The minimum absolute atomic E-state index is 0.0180. The van der Waals surface area contributed by atoms with Gasteiger partial charge in [-0.25, -0.2) is 9.18 Å². The fourth-order valence-corrected chi connectivity index (χ4v) is 1.94. The van der Waals surface area contributed by atoms with Gasteiger partial charge in [-0.2, -0.15) is 13.2 Å². The van der Waals surface area contributed by atoms with Gasteiger partial charge in [0.15, 0.2) is 0 Å². The van der Waals surface area contributed by atoms with Crippen molar-refractivity contribution in [1.29, 1.82) is 0 Å². The average molecular weight is 400 g/mol. The number of carbonyl (C=O) groups excluding carboxylic acids is 2. The van der Waals surface area contributed by atoms with Crippen molar-refractivity contribution in [2.45, 2.75) is 25.3 Å². The first-order chi connectivity index (χ1) is 13.0. The van der Waals surface area contributed by atoms with Gasteiger partial charge >= 0.3 is 12.3 Å². The molecule has 0 spiro atoms. The second-order valence-electron chi connectivity index (χ2n) is 5.91. The van der Waals surface area contributed by atoms with Gasteiger partial charge in [-0.05, 0) is 30.7 Å². The molecule has 0 fully saturated rings. The van der Waals surface area contributed by atoms with Gasteiger partial charge in [0.2, 0.25) is 5.60 Å². The number of hydrogen-bond acceptors (Lipinski definition) is 4. The quantitative estimate of drug-likeness (QED) is 0.666. The Morgan fingerprint density at radius 2 is 1.71 bits per heavy atom. The molecule has 0 bridgehead atoms. The zero-order valence-corrected chi connectivity index (χ0v) is 14.5. The van der Waals surface area contributed by atoms with Crippen LogP contribution in [0.4, 0.5) is 33.7 Å². The molecule has 1 atom stereocenters. The normalized spacial score (nSPS) is 13.4. The van der Waals surface area contributed by atoms with E-state index in [4.69, 9.17) is 4.74 Å². The van der Waals surface area contributed by atoms with Crippen molar-refractivity contribution in [3.05, 3.63) is 59.9 Å². The Morgan fingerprint density at radius 1 is 1.07 bits per heavy atom. The molecule has 1 unspecified atom stereocenters. The summed E-state index contributed by atoms with van der Waals surface area (Å²) in [7, 11) is 0. The summed E-state index contributed by atoms with van der Waals surface area (Å²) in [6, 6.07) is 11.6. The molecule has 2 amide bonds. The molecule has 2 aromatic carbocycles. The summed E-state index contributed by atoms with van der Waals surface area (Å²) in [6.07, 6.45) is -6.11. The number of halogens is 4. The van der Waals surface area contributed by atoms with E-state index < -0.39 is 35.3 Å². The summed E-state index contributed by atoms with van der Waals surface area (Å²) in [5, 5.41) is 13.2. The van der Waals surface area contributed by atoms with E-state index in [1.54, 1.807) is 35.6 Å². The lowest BCUT2D eigenvalue weighted by Gasteiger charge is -2.25. The first kappa shape index (κ1) is 21.2. The van der Waals surface area contributed by atoms with E-state index >= 15 is 0 Å². The molecule has 28 heavy (non-hydrogen) atoms. The third-order valence-corrected chi connectivity index (χ3v) is 3.67. The smallest absolute Gasteiger partial charge is 0.426 e. The molecule has 0 aliphatic carbocycles. The fraction of sp³-hybridized carbons (Fsp3) is 0.222. The molecule has 0 radical (unpaired) electrons. The molecule has 6 nitrogen and oxygen atoms in total. The highest BCUT2D eigenvalue weighted by atomic mass is 19.4. The molecule has 0 heterocycles. The maximum absolute atomic E-state index is 14.0. The van der Waals surface area contributed by atoms with Crippen molar-refractivity contribution in [3.63, 3.8) is 0 Å². The van der Waals surface area contributed by atoms with Crippen LogP contribution in [0.15, 0.2) is 48.5 Å². The highest BCUT2D eigenvalue weighted by Gasteiger charge is 2.55. The number of aliphatic hydroxyl groups is 1. The highest BCUT2D eigenvalue weighted by Crippen LogP contribution is 2.31. The Bertz CT molecular complexity index is 854. The summed E-state index contributed by atoms with van der Waals surface area (Å²) in [5.41, 5.74) is -3.61. The molecule has 150 valence electrons. The number of benzene rings is 2. The van der Waals surface area contributed by atoms with Crippen LogP contribution in [0.1, 0.15) is 12.5 Å². The molecule has 2 aromatic rings. The third kappa shape index (κ3) is 5.19. The van der Waals surface area contributed by atoms with Gasteiger partial charge in [-0.15, -0.1) is 0 Å². The van der Waals surface area contributed by atoms with E-state index in [1.807, 2.05) is 0 Å². The Kier molecular flexibility index (Phi) is 6.24. The molecule has 2 rings (SSSR count). The Hall–Kier alpha value is -3.14. The molecule has 0 aliphatic rings. The maximum Gasteiger partial charge on any atom is 0.426 e. The van der Waals surface area contributed by atoms with Crippen LogP contribution in [-0.2, 0) is 16.1 Å². The largest absolute Gasteiger partial charge is 0.444 e. The topological polar surface area (TPSA) is 87.7 Å². The molecule has 3 N–H and O–H groups in total. The van der Waals surface area contributed by atoms with Crippen LogP contribution in [-0.4, -0.2) is 28.9 Å². The number of rotatable bonds is 5. The minimum atomic E-state index is -5.24. The van der Waals surface area contributed by atoms with Crippen LogP contribution in [0.25, 0.3) is 0 Å². The summed E-state index contributed by atoms with van der Waals surface area (Å²) in [6.45, 7) is 0.231. The van der Waals surface area contributed by atoms with Gasteiger partial charge in [0, 0.05) is 5.69 Å². The van der Waals surface area contributed by atoms with Crippen LogP contribution >= 0.6 is 0 Å². The van der Waals surface area contributed by atoms with E-state index in [1.165, 1.54) is 0 Å². The van der Waals surface area contributed by atoms with E-state index in [-0.39, 0.29) is 19.2 Å². The lowest BCUT2D eigenvalue weighted by atomic mass is 10.1. The van der Waals surface area contributed by atoms with Crippen LogP contribution in [0, 0.1) is 5.82 Å². The van der Waals surface area contributed by atoms with Gasteiger partial charge in [0.25, 0.3) is 5.91 Å². The number of amides is 2. The molecule has 0 aliphatic heterocycles. The first-order valence-corrected chi connectivity index (χ1v) is 7.88. The summed E-state index contributed by atoms with van der Waals surface area (Å²) in [4.78, 5) is 23.3. The van der Waals surface area contributed by atoms with Gasteiger partial charge in [0.1, 0.15) is 12.4 Å². The van der Waals surface area contributed by atoms with E-state index in [0.29, 0.717) is 0 Å². The summed E-state index contributed by atoms with van der Waals surface area (Å²) in [5.74, 6) is -2.96. The number of anilines is 2. The van der Waals surface area contributed by atoms with Crippen molar-refractivity contribution in [3.8, 4) is 0 Å². The van der Waals surface area contributed by atoms with Gasteiger partial charge in [-0.1, -0.05) is 30.3 Å². The molecular formula is C18H16F4N2O4. The maximum atomic E-state index is 14.0. The lowest BCUT2D eigenvalue weighted by molar-refractivity contribution is -0.242. The van der Waals surface area contributed by atoms with E-state index in [9.17, 15) is 32.3 Å². The second-order valence-corrected chi connectivity index (χ2v) is 5.91. The average Bonchev–Trinajstić information content (AvgIpc) is 2.62. The Labute approximate surface area is 157 Å². The van der Waals surface area contributed by atoms with Gasteiger partial charge in [0.05, 0.1) is 5.69 Å². The number of hydrogen-bond donors (Lipinski definition) is 3. The molecular weight excluding hydrogens is 384 g/mol. The van der Waals surface area contributed by atoms with Crippen molar-refractivity contribution in [1.82, 2.24) is 0 Å². The number of ether oxygens (including phenoxy) is 1. The Balaban J connectivity index is 1.98. The molecule has 0 saturated carbocycles. The van der Waals surface area contributed by atoms with Crippen LogP contribution < -0.4 is 10.6 Å². The van der Waals surface area contributed by atoms with Crippen LogP contribution in [0.2, 0.25) is 0 Å². The third-order valence-electron chi connectivity index (χ3n) is 3.67.